The maximum atomic E-state index is 14.3. The predicted octanol–water partition coefficient (Wildman–Crippen LogP) is 3.10. The molecule has 1 atom stereocenters. The van der Waals surface area contributed by atoms with E-state index in [0.29, 0.717) is 23.1 Å². The molecule has 2 aliphatic heterocycles. The van der Waals surface area contributed by atoms with Crippen LogP contribution in [0.1, 0.15) is 48.9 Å². The molecule has 1 unspecified atom stereocenters. The second-order valence-electron chi connectivity index (χ2n) is 8.80. The highest BCUT2D eigenvalue weighted by atomic mass is 19.1. The molecular formula is C24H30BFN2O2. The maximum Gasteiger partial charge on any atom is 0.130 e. The SMILES string of the molecule is [B]c1ccc(C2(CCNCc3cccc(C)c3F)CCOC3(CCOCC3)C2)nc1. The maximum absolute atomic E-state index is 14.3. The van der Waals surface area contributed by atoms with Crippen molar-refractivity contribution in [3.05, 3.63) is 59.2 Å². The van der Waals surface area contributed by atoms with E-state index in [4.69, 9.17) is 22.3 Å². The number of aromatic nitrogens is 1. The fourth-order valence-corrected chi connectivity index (χ4v) is 4.96. The Bertz CT molecular complexity index is 849. The summed E-state index contributed by atoms with van der Waals surface area (Å²) in [6, 6.07) is 9.55. The summed E-state index contributed by atoms with van der Waals surface area (Å²) in [4.78, 5) is 4.72. The summed E-state index contributed by atoms with van der Waals surface area (Å²) in [5.41, 5.74) is 2.93. The van der Waals surface area contributed by atoms with Gasteiger partial charge in [0.15, 0.2) is 0 Å². The van der Waals surface area contributed by atoms with Crippen LogP contribution in [0.25, 0.3) is 0 Å². The molecule has 4 nitrogen and oxygen atoms in total. The summed E-state index contributed by atoms with van der Waals surface area (Å²) < 4.78 is 26.2. The van der Waals surface area contributed by atoms with Crippen LogP contribution in [0.5, 0.6) is 0 Å². The zero-order valence-electron chi connectivity index (χ0n) is 17.8. The number of hydrogen-bond acceptors (Lipinski definition) is 4. The third kappa shape index (κ3) is 4.61. The zero-order valence-corrected chi connectivity index (χ0v) is 17.8. The lowest BCUT2D eigenvalue weighted by molar-refractivity contribution is -0.154. The van der Waals surface area contributed by atoms with Gasteiger partial charge in [0.1, 0.15) is 13.7 Å². The van der Waals surface area contributed by atoms with Gasteiger partial charge in [0.25, 0.3) is 0 Å². The van der Waals surface area contributed by atoms with Gasteiger partial charge in [-0.15, -0.1) is 0 Å². The lowest BCUT2D eigenvalue weighted by Crippen LogP contribution is -2.51. The molecule has 2 radical (unpaired) electrons. The molecule has 0 aliphatic carbocycles. The highest BCUT2D eigenvalue weighted by Gasteiger charge is 2.47. The highest BCUT2D eigenvalue weighted by molar-refractivity contribution is 6.32. The van der Waals surface area contributed by atoms with E-state index in [-0.39, 0.29) is 16.8 Å². The third-order valence-corrected chi connectivity index (χ3v) is 6.75. The average Bonchev–Trinajstić information content (AvgIpc) is 2.75. The Balaban J connectivity index is 1.49. The Morgan fingerprint density at radius 1 is 1.13 bits per heavy atom. The first-order valence-electron chi connectivity index (χ1n) is 10.9. The second-order valence-corrected chi connectivity index (χ2v) is 8.80. The number of nitrogens with one attached hydrogen (secondary N) is 1. The zero-order chi connectivity index (χ0) is 21.0. The number of ether oxygens (including phenoxy) is 2. The van der Waals surface area contributed by atoms with Crippen molar-refractivity contribution >= 4 is 13.3 Å². The normalized spacial score (nSPS) is 23.5. The smallest absolute Gasteiger partial charge is 0.130 e. The van der Waals surface area contributed by atoms with Crippen LogP contribution in [0.15, 0.2) is 36.5 Å². The van der Waals surface area contributed by atoms with Crippen molar-refractivity contribution in [1.29, 1.82) is 0 Å². The number of halogens is 1. The molecule has 2 aliphatic rings. The van der Waals surface area contributed by atoms with E-state index < -0.39 is 0 Å². The van der Waals surface area contributed by atoms with Crippen LogP contribution in [-0.2, 0) is 21.4 Å². The van der Waals surface area contributed by atoms with Crippen molar-refractivity contribution < 1.29 is 13.9 Å². The van der Waals surface area contributed by atoms with Gasteiger partial charge in [-0.2, -0.15) is 0 Å². The lowest BCUT2D eigenvalue weighted by atomic mass is 9.66. The minimum atomic E-state index is -0.137. The first-order valence-corrected chi connectivity index (χ1v) is 10.9. The molecule has 3 heterocycles. The van der Waals surface area contributed by atoms with Gasteiger partial charge in [0.2, 0.25) is 0 Å². The number of hydrogen-bond donors (Lipinski definition) is 1. The van der Waals surface area contributed by atoms with Crippen molar-refractivity contribution in [2.75, 3.05) is 26.4 Å². The Morgan fingerprint density at radius 2 is 1.97 bits per heavy atom. The summed E-state index contributed by atoms with van der Waals surface area (Å²) in [5, 5.41) is 3.46. The number of benzene rings is 1. The van der Waals surface area contributed by atoms with Gasteiger partial charge in [-0.05, 0) is 57.2 Å². The molecule has 1 aromatic carbocycles. The van der Waals surface area contributed by atoms with Crippen LogP contribution in [0, 0.1) is 12.7 Å². The highest BCUT2D eigenvalue weighted by Crippen LogP contribution is 2.46. The van der Waals surface area contributed by atoms with Gasteiger partial charge in [-0.3, -0.25) is 4.98 Å². The van der Waals surface area contributed by atoms with Crippen LogP contribution in [0.3, 0.4) is 0 Å². The van der Waals surface area contributed by atoms with E-state index in [1.165, 1.54) is 0 Å². The molecule has 2 aromatic rings. The molecule has 0 saturated carbocycles. The van der Waals surface area contributed by atoms with Gasteiger partial charge in [-0.1, -0.05) is 29.7 Å². The summed E-state index contributed by atoms with van der Waals surface area (Å²) in [6.07, 6.45) is 6.37. The van der Waals surface area contributed by atoms with E-state index in [1.807, 2.05) is 18.2 Å². The minimum absolute atomic E-state index is 0.0819. The average molecular weight is 408 g/mol. The monoisotopic (exact) mass is 408 g/mol. The van der Waals surface area contributed by atoms with E-state index in [1.54, 1.807) is 19.2 Å². The van der Waals surface area contributed by atoms with Crippen molar-refractivity contribution in [3.63, 3.8) is 0 Å². The molecule has 2 fully saturated rings. The summed E-state index contributed by atoms with van der Waals surface area (Å²) in [7, 11) is 5.90. The molecule has 0 bridgehead atoms. The van der Waals surface area contributed by atoms with E-state index in [0.717, 1.165) is 64.2 Å². The first-order chi connectivity index (χ1) is 14.5. The largest absolute Gasteiger partial charge is 0.381 e. The van der Waals surface area contributed by atoms with Crippen molar-refractivity contribution in [1.82, 2.24) is 10.3 Å². The number of pyridine rings is 1. The van der Waals surface area contributed by atoms with Crippen LogP contribution in [0.2, 0.25) is 0 Å². The van der Waals surface area contributed by atoms with Gasteiger partial charge in [0, 0.05) is 49.2 Å². The standard InChI is InChI=1S/C24H30BFN2O2/c1-18-3-2-4-19(22(18)26)15-27-11-7-23(21-6-5-20(25)16-28-21)8-14-30-24(17-23)9-12-29-13-10-24/h2-6,16,27H,7-15,17H2,1H3. The van der Waals surface area contributed by atoms with Crippen LogP contribution < -0.4 is 10.8 Å². The van der Waals surface area contributed by atoms with Gasteiger partial charge in [-0.25, -0.2) is 4.39 Å². The van der Waals surface area contributed by atoms with Gasteiger partial charge < -0.3 is 14.8 Å². The Hall–Kier alpha value is -1.76. The Labute approximate surface area is 180 Å². The quantitative estimate of drug-likeness (QED) is 0.590. The fraction of sp³-hybridized carbons (Fsp3) is 0.542. The third-order valence-electron chi connectivity index (χ3n) is 6.75. The topological polar surface area (TPSA) is 43.4 Å². The molecule has 0 amide bonds. The molecule has 1 aromatic heterocycles. The molecular weight excluding hydrogens is 378 g/mol. The first kappa shape index (κ1) is 21.5. The summed E-state index contributed by atoms with van der Waals surface area (Å²) in [6.45, 7) is 5.32. The lowest BCUT2D eigenvalue weighted by Gasteiger charge is -2.49. The van der Waals surface area contributed by atoms with E-state index >= 15 is 0 Å². The minimum Gasteiger partial charge on any atom is -0.381 e. The van der Waals surface area contributed by atoms with E-state index in [2.05, 4.69) is 11.4 Å². The van der Waals surface area contributed by atoms with Crippen LogP contribution in [-0.4, -0.2) is 44.8 Å². The van der Waals surface area contributed by atoms with Gasteiger partial charge >= 0.3 is 0 Å². The van der Waals surface area contributed by atoms with Crippen LogP contribution in [0.4, 0.5) is 4.39 Å². The number of aryl methyl sites for hydroxylation is 1. The Kier molecular flexibility index (Phi) is 6.56. The van der Waals surface area contributed by atoms with Crippen molar-refractivity contribution in [2.45, 2.75) is 56.6 Å². The van der Waals surface area contributed by atoms with Crippen LogP contribution >= 0.6 is 0 Å². The number of rotatable bonds is 6. The van der Waals surface area contributed by atoms with Crippen molar-refractivity contribution in [2.24, 2.45) is 0 Å². The molecule has 30 heavy (non-hydrogen) atoms. The summed E-state index contributed by atoms with van der Waals surface area (Å²) in [5.74, 6) is -0.118. The molecule has 1 spiro atoms. The Morgan fingerprint density at radius 3 is 2.73 bits per heavy atom. The fourth-order valence-electron chi connectivity index (χ4n) is 4.96. The van der Waals surface area contributed by atoms with Crippen molar-refractivity contribution in [3.8, 4) is 0 Å². The number of nitrogens with zero attached hydrogens (tertiary/aromatic N) is 1. The molecule has 4 rings (SSSR count). The van der Waals surface area contributed by atoms with E-state index in [9.17, 15) is 4.39 Å². The predicted molar refractivity (Wildman–Crippen MR) is 117 cm³/mol. The molecule has 2 saturated heterocycles. The molecule has 1 N–H and O–H groups in total. The molecule has 6 heteroatoms. The molecule has 158 valence electrons. The second kappa shape index (κ2) is 9.17. The summed E-state index contributed by atoms with van der Waals surface area (Å²) >= 11 is 0. The van der Waals surface area contributed by atoms with Gasteiger partial charge in [0.05, 0.1) is 5.60 Å².